The van der Waals surface area contributed by atoms with Gasteiger partial charge in [0.25, 0.3) is 10.2 Å². The molecule has 0 radical (unpaired) electrons. The molecule has 0 saturated carbocycles. The average Bonchev–Trinajstić information content (AvgIpc) is 2.15. The maximum Gasteiger partial charge on any atom is 0.296 e. The van der Waals surface area contributed by atoms with Crippen LogP contribution in [0.2, 0.25) is 0 Å². The van der Waals surface area contributed by atoms with Crippen LogP contribution in [0.1, 0.15) is 6.92 Å². The van der Waals surface area contributed by atoms with Gasteiger partial charge in [-0.05, 0) is 25.1 Å². The molecule has 0 aliphatic heterocycles. The summed E-state index contributed by atoms with van der Waals surface area (Å²) in [5.74, 6) is -0.363. The van der Waals surface area contributed by atoms with E-state index in [0.29, 0.717) is 5.69 Å². The molecule has 6 N–H and O–H groups in total. The van der Waals surface area contributed by atoms with Crippen molar-refractivity contribution in [2.75, 3.05) is 10.0 Å². The molecule has 1 unspecified atom stereocenters. The molecule has 1 aromatic rings. The number of nitrogens with one attached hydrogen (secondary N) is 2. The van der Waals surface area contributed by atoms with Crippen LogP contribution in [0, 0.1) is 0 Å². The molecular weight excluding hydrogens is 244 g/mol. The van der Waals surface area contributed by atoms with Crippen LogP contribution in [-0.2, 0) is 15.0 Å². The number of amides is 1. The lowest BCUT2D eigenvalue weighted by Gasteiger charge is -2.09. The van der Waals surface area contributed by atoms with Crippen molar-refractivity contribution in [1.82, 2.24) is 0 Å². The van der Waals surface area contributed by atoms with Crippen LogP contribution in [0.25, 0.3) is 0 Å². The highest BCUT2D eigenvalue weighted by molar-refractivity contribution is 7.90. The lowest BCUT2D eigenvalue weighted by Crippen LogP contribution is -2.32. The van der Waals surface area contributed by atoms with E-state index >= 15 is 0 Å². The predicted octanol–water partition coefficient (Wildman–Crippen LogP) is -0.412. The summed E-state index contributed by atoms with van der Waals surface area (Å²) in [6.45, 7) is 1.54. The molecule has 1 aromatic carbocycles. The van der Waals surface area contributed by atoms with Crippen LogP contribution in [0.5, 0.6) is 0 Å². The number of rotatable bonds is 4. The van der Waals surface area contributed by atoms with Gasteiger partial charge in [0.1, 0.15) is 0 Å². The van der Waals surface area contributed by atoms with Crippen molar-refractivity contribution in [1.29, 1.82) is 0 Å². The first kappa shape index (κ1) is 13.4. The SMILES string of the molecule is CC(N)C(=O)Nc1cccc(NS(N)(=O)=O)c1. The normalized spacial score (nSPS) is 12.9. The maximum absolute atomic E-state index is 11.3. The van der Waals surface area contributed by atoms with Crippen molar-refractivity contribution >= 4 is 27.5 Å². The molecule has 17 heavy (non-hydrogen) atoms. The van der Waals surface area contributed by atoms with E-state index in [1.54, 1.807) is 19.1 Å². The van der Waals surface area contributed by atoms with Gasteiger partial charge < -0.3 is 11.1 Å². The Bertz CT molecular complexity index is 513. The molecule has 0 heterocycles. The van der Waals surface area contributed by atoms with Gasteiger partial charge in [-0.15, -0.1) is 0 Å². The largest absolute Gasteiger partial charge is 0.325 e. The first-order valence-corrected chi connectivity index (χ1v) is 6.29. The molecule has 8 heteroatoms. The minimum absolute atomic E-state index is 0.259. The summed E-state index contributed by atoms with van der Waals surface area (Å²) in [4.78, 5) is 11.3. The number of hydrogen-bond acceptors (Lipinski definition) is 4. The Labute approximate surface area is 99.4 Å². The highest BCUT2D eigenvalue weighted by atomic mass is 32.2. The number of carbonyl (C=O) groups is 1. The fourth-order valence-electron chi connectivity index (χ4n) is 1.08. The Morgan fingerprint density at radius 3 is 2.47 bits per heavy atom. The van der Waals surface area contributed by atoms with E-state index in [1.165, 1.54) is 12.1 Å². The third kappa shape index (κ3) is 4.81. The van der Waals surface area contributed by atoms with Gasteiger partial charge in [-0.25, -0.2) is 5.14 Å². The van der Waals surface area contributed by atoms with Crippen molar-refractivity contribution in [2.45, 2.75) is 13.0 Å². The van der Waals surface area contributed by atoms with Crippen LogP contribution in [0.3, 0.4) is 0 Å². The fourth-order valence-corrected chi connectivity index (χ4v) is 1.54. The van der Waals surface area contributed by atoms with Gasteiger partial charge in [0.15, 0.2) is 0 Å². The molecule has 0 bridgehead atoms. The number of anilines is 2. The van der Waals surface area contributed by atoms with Crippen LogP contribution < -0.4 is 20.9 Å². The molecule has 0 saturated heterocycles. The first-order chi connectivity index (χ1) is 7.78. The smallest absolute Gasteiger partial charge is 0.296 e. The van der Waals surface area contributed by atoms with E-state index in [4.69, 9.17) is 10.9 Å². The number of carbonyl (C=O) groups excluding carboxylic acids is 1. The van der Waals surface area contributed by atoms with Gasteiger partial charge in [-0.1, -0.05) is 6.07 Å². The highest BCUT2D eigenvalue weighted by Gasteiger charge is 2.08. The van der Waals surface area contributed by atoms with Crippen molar-refractivity contribution in [3.63, 3.8) is 0 Å². The third-order valence-electron chi connectivity index (χ3n) is 1.80. The summed E-state index contributed by atoms with van der Waals surface area (Å²) in [6.07, 6.45) is 0. The zero-order valence-electron chi connectivity index (χ0n) is 9.17. The lowest BCUT2D eigenvalue weighted by molar-refractivity contribution is -0.117. The van der Waals surface area contributed by atoms with E-state index < -0.39 is 16.3 Å². The van der Waals surface area contributed by atoms with Crippen LogP contribution >= 0.6 is 0 Å². The van der Waals surface area contributed by atoms with Crippen molar-refractivity contribution < 1.29 is 13.2 Å². The van der Waals surface area contributed by atoms with Gasteiger partial charge in [0, 0.05) is 5.69 Å². The molecule has 0 aromatic heterocycles. The molecule has 0 spiro atoms. The fraction of sp³-hybridized carbons (Fsp3) is 0.222. The van der Waals surface area contributed by atoms with Crippen LogP contribution in [-0.4, -0.2) is 20.4 Å². The lowest BCUT2D eigenvalue weighted by atomic mass is 10.2. The second kappa shape index (κ2) is 5.13. The molecular formula is C9H14N4O3S. The summed E-state index contributed by atoms with van der Waals surface area (Å²) in [7, 11) is -3.83. The Balaban J connectivity index is 2.83. The monoisotopic (exact) mass is 258 g/mol. The molecule has 0 aliphatic carbocycles. The predicted molar refractivity (Wildman–Crippen MR) is 65.5 cm³/mol. The van der Waals surface area contributed by atoms with E-state index in [1.807, 2.05) is 0 Å². The van der Waals surface area contributed by atoms with Gasteiger partial charge >= 0.3 is 0 Å². The quantitative estimate of drug-likeness (QED) is 0.585. The zero-order valence-corrected chi connectivity index (χ0v) is 9.99. The number of hydrogen-bond donors (Lipinski definition) is 4. The third-order valence-corrected chi connectivity index (χ3v) is 2.32. The van der Waals surface area contributed by atoms with E-state index in [2.05, 4.69) is 10.0 Å². The maximum atomic E-state index is 11.3. The zero-order chi connectivity index (χ0) is 13.1. The van der Waals surface area contributed by atoms with E-state index in [0.717, 1.165) is 0 Å². The Morgan fingerprint density at radius 2 is 1.94 bits per heavy atom. The molecule has 1 rings (SSSR count). The standard InChI is InChI=1S/C9H14N4O3S/c1-6(10)9(14)12-7-3-2-4-8(5-7)13-17(11,15)16/h2-6,13H,10H2,1H3,(H,12,14)(H2,11,15,16). The summed E-state index contributed by atoms with van der Waals surface area (Å²) in [6, 6.07) is 5.47. The van der Waals surface area contributed by atoms with Gasteiger partial charge in [0.2, 0.25) is 5.91 Å². The minimum atomic E-state index is -3.83. The molecule has 0 aliphatic rings. The van der Waals surface area contributed by atoms with Gasteiger partial charge in [0.05, 0.1) is 11.7 Å². The van der Waals surface area contributed by atoms with Crippen LogP contribution in [0.15, 0.2) is 24.3 Å². The number of nitrogens with two attached hydrogens (primary N) is 2. The molecule has 1 atom stereocenters. The van der Waals surface area contributed by atoms with Crippen molar-refractivity contribution in [2.24, 2.45) is 10.9 Å². The second-order valence-electron chi connectivity index (χ2n) is 3.51. The molecule has 7 nitrogen and oxygen atoms in total. The van der Waals surface area contributed by atoms with Crippen molar-refractivity contribution in [3.05, 3.63) is 24.3 Å². The second-order valence-corrected chi connectivity index (χ2v) is 4.80. The summed E-state index contributed by atoms with van der Waals surface area (Å²) in [5, 5.41) is 7.35. The minimum Gasteiger partial charge on any atom is -0.325 e. The number of benzene rings is 1. The Hall–Kier alpha value is -1.64. The Morgan fingerprint density at radius 1 is 1.35 bits per heavy atom. The first-order valence-electron chi connectivity index (χ1n) is 4.75. The molecule has 94 valence electrons. The van der Waals surface area contributed by atoms with Crippen molar-refractivity contribution in [3.8, 4) is 0 Å². The van der Waals surface area contributed by atoms with Crippen LogP contribution in [0.4, 0.5) is 11.4 Å². The van der Waals surface area contributed by atoms with Gasteiger partial charge in [-0.3, -0.25) is 9.52 Å². The highest BCUT2D eigenvalue weighted by Crippen LogP contribution is 2.15. The van der Waals surface area contributed by atoms with E-state index in [-0.39, 0.29) is 11.6 Å². The van der Waals surface area contributed by atoms with Gasteiger partial charge in [-0.2, -0.15) is 8.42 Å². The summed E-state index contributed by atoms with van der Waals surface area (Å²) >= 11 is 0. The summed E-state index contributed by atoms with van der Waals surface area (Å²) in [5.41, 5.74) is 6.07. The summed E-state index contributed by atoms with van der Waals surface area (Å²) < 4.78 is 23.7. The van der Waals surface area contributed by atoms with E-state index in [9.17, 15) is 13.2 Å². The topological polar surface area (TPSA) is 127 Å². The molecule has 1 amide bonds. The Kier molecular flexibility index (Phi) is 4.05. The average molecular weight is 258 g/mol. The molecule has 0 fully saturated rings.